The summed E-state index contributed by atoms with van der Waals surface area (Å²) in [5.41, 5.74) is 2.93. The number of hydrogen-bond acceptors (Lipinski definition) is 2. The molecule has 2 saturated carbocycles. The maximum absolute atomic E-state index is 13.9. The fourth-order valence-electron chi connectivity index (χ4n) is 9.35. The van der Waals surface area contributed by atoms with E-state index in [9.17, 15) is 9.90 Å². The van der Waals surface area contributed by atoms with Crippen LogP contribution in [0.4, 0.5) is 0 Å². The van der Waals surface area contributed by atoms with Gasteiger partial charge in [0.25, 0.3) is 0 Å². The van der Waals surface area contributed by atoms with Gasteiger partial charge in [0.05, 0.1) is 6.10 Å². The summed E-state index contributed by atoms with van der Waals surface area (Å²) in [4.78, 5) is 13.9. The number of carbonyl (C=O) groups is 1. The average molecular weight is 443 g/mol. The minimum Gasteiger partial charge on any atom is -0.393 e. The number of aliphatic hydroxyl groups is 1. The lowest BCUT2D eigenvalue weighted by Crippen LogP contribution is -2.57. The Kier molecular flexibility index (Phi) is 6.09. The second-order valence-corrected chi connectivity index (χ2v) is 14.0. The standard InChI is InChI=1S/C30H50O2/c1-19(2)10-9-11-20(3)21-12-17-30(8)26-22(13-16-29(21,30)7)28(6)15-14-25(32)27(4,5)24(28)18-23(26)31/h19-21,24-25,32H,9-18H2,1-8H3/t20-,21-,24+,25?,28-,29-,30+/m1/s1. The van der Waals surface area contributed by atoms with E-state index in [4.69, 9.17) is 0 Å². The summed E-state index contributed by atoms with van der Waals surface area (Å²) >= 11 is 0. The van der Waals surface area contributed by atoms with Crippen molar-refractivity contribution in [2.24, 2.45) is 45.3 Å². The Morgan fingerprint density at radius 1 is 0.969 bits per heavy atom. The molecule has 1 N–H and O–H groups in total. The highest BCUT2D eigenvalue weighted by Gasteiger charge is 2.65. The van der Waals surface area contributed by atoms with Gasteiger partial charge in [-0.1, -0.05) is 80.2 Å². The summed E-state index contributed by atoms with van der Waals surface area (Å²) in [5.74, 6) is 2.96. The molecule has 0 aromatic carbocycles. The van der Waals surface area contributed by atoms with Gasteiger partial charge in [-0.3, -0.25) is 4.79 Å². The summed E-state index contributed by atoms with van der Waals surface area (Å²) in [5, 5.41) is 10.8. The van der Waals surface area contributed by atoms with E-state index in [1.807, 2.05) is 0 Å². The molecule has 0 aliphatic heterocycles. The highest BCUT2D eigenvalue weighted by Crippen LogP contribution is 2.71. The molecular weight excluding hydrogens is 392 g/mol. The first kappa shape index (κ1) is 24.5. The van der Waals surface area contributed by atoms with Gasteiger partial charge in [0.15, 0.2) is 5.78 Å². The van der Waals surface area contributed by atoms with Gasteiger partial charge in [-0.25, -0.2) is 0 Å². The van der Waals surface area contributed by atoms with Crippen LogP contribution < -0.4 is 0 Å². The Balaban J connectivity index is 1.68. The number of hydrogen-bond donors (Lipinski definition) is 1. The Labute approximate surface area is 198 Å². The molecule has 182 valence electrons. The zero-order valence-electron chi connectivity index (χ0n) is 22.3. The van der Waals surface area contributed by atoms with Crippen LogP contribution in [0.15, 0.2) is 11.1 Å². The van der Waals surface area contributed by atoms with Crippen LogP contribution in [0.1, 0.15) is 120 Å². The third kappa shape index (κ3) is 3.32. The van der Waals surface area contributed by atoms with E-state index in [2.05, 4.69) is 55.4 Å². The van der Waals surface area contributed by atoms with Crippen LogP contribution in [0.5, 0.6) is 0 Å². The summed E-state index contributed by atoms with van der Waals surface area (Å²) in [7, 11) is 0. The predicted molar refractivity (Wildman–Crippen MR) is 133 cm³/mol. The number of ketones is 1. The minimum atomic E-state index is -0.289. The van der Waals surface area contributed by atoms with Crippen molar-refractivity contribution in [3.63, 3.8) is 0 Å². The lowest BCUT2D eigenvalue weighted by molar-refractivity contribution is -0.134. The molecular formula is C30H50O2. The van der Waals surface area contributed by atoms with Crippen LogP contribution in [0, 0.1) is 45.3 Å². The molecule has 2 fully saturated rings. The molecule has 7 atom stereocenters. The van der Waals surface area contributed by atoms with Crippen LogP contribution in [0.2, 0.25) is 0 Å². The van der Waals surface area contributed by atoms with Crippen molar-refractivity contribution in [1.82, 2.24) is 0 Å². The van der Waals surface area contributed by atoms with Crippen molar-refractivity contribution < 1.29 is 9.90 Å². The van der Waals surface area contributed by atoms with Crippen molar-refractivity contribution in [2.75, 3.05) is 0 Å². The summed E-state index contributed by atoms with van der Waals surface area (Å²) < 4.78 is 0. The maximum atomic E-state index is 13.9. The smallest absolute Gasteiger partial charge is 0.159 e. The third-order valence-corrected chi connectivity index (χ3v) is 11.7. The lowest BCUT2D eigenvalue weighted by atomic mass is 9.43. The second-order valence-electron chi connectivity index (χ2n) is 14.0. The molecule has 0 saturated heterocycles. The largest absolute Gasteiger partial charge is 0.393 e. The number of aliphatic hydroxyl groups excluding tert-OH is 1. The van der Waals surface area contributed by atoms with Gasteiger partial charge >= 0.3 is 0 Å². The maximum Gasteiger partial charge on any atom is 0.159 e. The van der Waals surface area contributed by atoms with E-state index < -0.39 is 0 Å². The van der Waals surface area contributed by atoms with E-state index in [1.165, 1.54) is 49.7 Å². The average Bonchev–Trinajstić information content (AvgIpc) is 2.98. The van der Waals surface area contributed by atoms with Gasteiger partial charge in [0.1, 0.15) is 0 Å². The Hall–Kier alpha value is -0.630. The molecule has 4 aliphatic carbocycles. The summed E-state index contributed by atoms with van der Waals surface area (Å²) in [6.45, 7) is 19.0. The predicted octanol–water partition coefficient (Wildman–Crippen LogP) is 7.74. The first-order valence-electron chi connectivity index (χ1n) is 13.7. The third-order valence-electron chi connectivity index (χ3n) is 11.7. The molecule has 0 bridgehead atoms. The molecule has 0 amide bonds. The quantitative estimate of drug-likeness (QED) is 0.473. The topological polar surface area (TPSA) is 37.3 Å². The summed E-state index contributed by atoms with van der Waals surface area (Å²) in [6.07, 6.45) is 11.1. The SMILES string of the molecule is CC(C)CCC[C@@H](C)[C@H]1CC[C@@]2(C)C3=C(CC[C@]12C)[C@@]1(C)CCC(O)C(C)(C)[C@@H]1CC3=O. The fraction of sp³-hybridized carbons (Fsp3) is 0.900. The first-order valence-corrected chi connectivity index (χ1v) is 13.7. The molecule has 0 spiro atoms. The number of rotatable bonds is 5. The molecule has 0 aromatic heterocycles. The number of fused-ring (bicyclic) bond motifs is 4. The Bertz CT molecular complexity index is 791. The Morgan fingerprint density at radius 2 is 1.66 bits per heavy atom. The van der Waals surface area contributed by atoms with E-state index >= 15 is 0 Å². The molecule has 2 nitrogen and oxygen atoms in total. The normalized spacial score (nSPS) is 44.3. The monoisotopic (exact) mass is 442 g/mol. The zero-order valence-corrected chi connectivity index (χ0v) is 22.3. The Morgan fingerprint density at radius 3 is 2.31 bits per heavy atom. The molecule has 0 aromatic rings. The van der Waals surface area contributed by atoms with Crippen LogP contribution in [-0.2, 0) is 4.79 Å². The van der Waals surface area contributed by atoms with Crippen molar-refractivity contribution in [2.45, 2.75) is 126 Å². The highest BCUT2D eigenvalue weighted by molar-refractivity contribution is 5.99. The molecule has 32 heavy (non-hydrogen) atoms. The number of Topliss-reactive ketones (excluding diaryl/α,β-unsaturated/α-hetero) is 1. The molecule has 0 radical (unpaired) electrons. The molecule has 0 heterocycles. The van der Waals surface area contributed by atoms with Crippen LogP contribution in [0.3, 0.4) is 0 Å². The molecule has 2 heteroatoms. The minimum absolute atomic E-state index is 0.0306. The molecule has 4 aliphatic rings. The summed E-state index contributed by atoms with van der Waals surface area (Å²) in [6, 6.07) is 0. The van der Waals surface area contributed by atoms with Gasteiger partial charge in [-0.05, 0) is 78.4 Å². The number of carbonyl (C=O) groups excluding carboxylic acids is 1. The fourth-order valence-corrected chi connectivity index (χ4v) is 9.35. The van der Waals surface area contributed by atoms with E-state index in [0.717, 1.165) is 37.0 Å². The van der Waals surface area contributed by atoms with Crippen molar-refractivity contribution in [3.05, 3.63) is 11.1 Å². The van der Waals surface area contributed by atoms with Crippen LogP contribution in [0.25, 0.3) is 0 Å². The van der Waals surface area contributed by atoms with E-state index in [-0.39, 0.29) is 33.7 Å². The molecule has 1 unspecified atom stereocenters. The van der Waals surface area contributed by atoms with Crippen LogP contribution in [-0.4, -0.2) is 17.0 Å². The highest BCUT2D eigenvalue weighted by atomic mass is 16.3. The number of allylic oxidation sites excluding steroid dienone is 2. The van der Waals surface area contributed by atoms with Gasteiger partial charge in [0, 0.05) is 17.4 Å². The first-order chi connectivity index (χ1) is 14.8. The lowest BCUT2D eigenvalue weighted by Gasteiger charge is -2.61. The van der Waals surface area contributed by atoms with E-state index in [1.54, 1.807) is 0 Å². The van der Waals surface area contributed by atoms with Gasteiger partial charge in [0.2, 0.25) is 0 Å². The van der Waals surface area contributed by atoms with Crippen molar-refractivity contribution in [3.8, 4) is 0 Å². The zero-order chi connectivity index (χ0) is 23.7. The van der Waals surface area contributed by atoms with Crippen molar-refractivity contribution >= 4 is 5.78 Å². The van der Waals surface area contributed by atoms with Crippen molar-refractivity contribution in [1.29, 1.82) is 0 Å². The van der Waals surface area contributed by atoms with Gasteiger partial charge in [-0.2, -0.15) is 0 Å². The molecule has 4 rings (SSSR count). The van der Waals surface area contributed by atoms with Crippen LogP contribution >= 0.6 is 0 Å². The second kappa shape index (κ2) is 7.96. The van der Waals surface area contributed by atoms with E-state index in [0.29, 0.717) is 12.2 Å². The van der Waals surface area contributed by atoms with Gasteiger partial charge in [-0.15, -0.1) is 0 Å². The van der Waals surface area contributed by atoms with Gasteiger partial charge < -0.3 is 5.11 Å².